The molecule has 2 aliphatic heterocycles. The molecule has 1 saturated carbocycles. The molecule has 1 aromatic heterocycles. The number of benzene rings is 1. The normalized spacial score (nSPS) is 26.5. The van der Waals surface area contributed by atoms with Crippen LogP contribution in [0.3, 0.4) is 0 Å². The van der Waals surface area contributed by atoms with E-state index in [-0.39, 0.29) is 29.5 Å². The summed E-state index contributed by atoms with van der Waals surface area (Å²) in [5, 5.41) is 4.42. The molecule has 1 spiro atoms. The van der Waals surface area contributed by atoms with Gasteiger partial charge in [-0.25, -0.2) is 4.98 Å². The van der Waals surface area contributed by atoms with Crippen LogP contribution in [-0.2, 0) is 11.0 Å². The molecule has 1 N–H and O–H groups in total. The van der Waals surface area contributed by atoms with Gasteiger partial charge in [-0.2, -0.15) is 13.2 Å². The SMILES string of the molecule is O=C(NCC(=O)N1CCC2(CCN(C3CCC(Oc4cscn4)CC3)C2)C1)c1cccc(C(F)(F)F)c1. The first kappa shape index (κ1) is 26.0. The van der Waals surface area contributed by atoms with Gasteiger partial charge in [-0.15, -0.1) is 11.3 Å². The Kier molecular flexibility index (Phi) is 7.44. The second-order valence-corrected chi connectivity index (χ2v) is 11.1. The summed E-state index contributed by atoms with van der Waals surface area (Å²) in [6, 6.07) is 4.75. The van der Waals surface area contributed by atoms with E-state index < -0.39 is 17.6 Å². The van der Waals surface area contributed by atoms with Gasteiger partial charge in [-0.05, 0) is 63.3 Å². The summed E-state index contributed by atoms with van der Waals surface area (Å²) in [6.07, 6.45) is 1.89. The van der Waals surface area contributed by atoms with E-state index in [2.05, 4.69) is 15.2 Å². The molecule has 5 rings (SSSR count). The molecule has 1 aliphatic carbocycles. The van der Waals surface area contributed by atoms with E-state index in [0.29, 0.717) is 19.1 Å². The van der Waals surface area contributed by atoms with E-state index >= 15 is 0 Å². The number of likely N-dealkylation sites (tertiary alicyclic amines) is 2. The number of amides is 2. The zero-order chi connectivity index (χ0) is 26.0. The summed E-state index contributed by atoms with van der Waals surface area (Å²) in [7, 11) is 0. The Labute approximate surface area is 218 Å². The number of ether oxygens (including phenoxy) is 1. The van der Waals surface area contributed by atoms with Crippen molar-refractivity contribution < 1.29 is 27.5 Å². The number of carbonyl (C=O) groups is 2. The summed E-state index contributed by atoms with van der Waals surface area (Å²) in [5.41, 5.74) is 0.858. The van der Waals surface area contributed by atoms with Gasteiger partial charge >= 0.3 is 6.18 Å². The lowest BCUT2D eigenvalue weighted by atomic mass is 9.86. The van der Waals surface area contributed by atoms with E-state index in [9.17, 15) is 22.8 Å². The number of thiazole rings is 1. The second kappa shape index (κ2) is 10.6. The number of hydrogen-bond acceptors (Lipinski definition) is 6. The van der Waals surface area contributed by atoms with Gasteiger partial charge in [0, 0.05) is 36.7 Å². The molecule has 3 heterocycles. The van der Waals surface area contributed by atoms with Crippen LogP contribution in [0, 0.1) is 5.41 Å². The molecule has 2 saturated heterocycles. The molecule has 200 valence electrons. The molecule has 1 unspecified atom stereocenters. The van der Waals surface area contributed by atoms with Crippen molar-refractivity contribution in [2.24, 2.45) is 5.41 Å². The summed E-state index contributed by atoms with van der Waals surface area (Å²) >= 11 is 1.54. The van der Waals surface area contributed by atoms with Gasteiger partial charge < -0.3 is 15.0 Å². The van der Waals surface area contributed by atoms with Crippen LogP contribution in [0.4, 0.5) is 13.2 Å². The third kappa shape index (κ3) is 6.09. The lowest BCUT2D eigenvalue weighted by Crippen LogP contribution is -2.42. The molecule has 1 atom stereocenters. The summed E-state index contributed by atoms with van der Waals surface area (Å²) in [4.78, 5) is 33.7. The van der Waals surface area contributed by atoms with Crippen LogP contribution in [0.5, 0.6) is 5.88 Å². The maximum Gasteiger partial charge on any atom is 0.416 e. The number of carbonyl (C=O) groups excluding carboxylic acids is 2. The highest BCUT2D eigenvalue weighted by atomic mass is 32.1. The maximum absolute atomic E-state index is 12.9. The highest BCUT2D eigenvalue weighted by Crippen LogP contribution is 2.42. The molecular weight excluding hydrogens is 505 g/mol. The Morgan fingerprint density at radius 2 is 1.92 bits per heavy atom. The topological polar surface area (TPSA) is 74.8 Å². The van der Waals surface area contributed by atoms with Crippen molar-refractivity contribution in [3.05, 3.63) is 46.3 Å². The molecule has 2 amide bonds. The molecule has 3 aliphatic rings. The van der Waals surface area contributed by atoms with Gasteiger partial charge in [0.25, 0.3) is 5.91 Å². The monoisotopic (exact) mass is 536 g/mol. The molecule has 3 fully saturated rings. The first-order valence-electron chi connectivity index (χ1n) is 12.7. The molecule has 0 bridgehead atoms. The van der Waals surface area contributed by atoms with Crippen LogP contribution < -0.4 is 10.1 Å². The minimum absolute atomic E-state index is 0.0780. The molecule has 37 heavy (non-hydrogen) atoms. The van der Waals surface area contributed by atoms with Crippen LogP contribution in [0.1, 0.15) is 54.4 Å². The molecular formula is C26H31F3N4O3S. The quantitative estimate of drug-likeness (QED) is 0.599. The Morgan fingerprint density at radius 3 is 2.65 bits per heavy atom. The molecule has 11 heteroatoms. The van der Waals surface area contributed by atoms with Crippen LogP contribution in [0.2, 0.25) is 0 Å². The standard InChI is InChI=1S/C26H31F3N4O3S/c27-26(28,29)19-3-1-2-18(12-19)24(35)30-13-23(34)33-11-9-25(16-33)8-10-32(15-25)20-4-6-21(7-5-20)36-22-14-37-17-31-22/h1-3,12,14,17,20-21H,4-11,13,15-16H2,(H,30,35). The van der Waals surface area contributed by atoms with Crippen molar-refractivity contribution in [3.8, 4) is 5.88 Å². The molecule has 1 aromatic carbocycles. The van der Waals surface area contributed by atoms with E-state index in [1.165, 1.54) is 23.5 Å². The Balaban J connectivity index is 1.07. The fraction of sp³-hybridized carbons (Fsp3) is 0.577. The van der Waals surface area contributed by atoms with Gasteiger partial charge in [0.1, 0.15) is 6.10 Å². The summed E-state index contributed by atoms with van der Waals surface area (Å²) < 4.78 is 44.8. The largest absolute Gasteiger partial charge is 0.474 e. The van der Waals surface area contributed by atoms with Gasteiger partial charge in [0.15, 0.2) is 0 Å². The first-order chi connectivity index (χ1) is 17.7. The van der Waals surface area contributed by atoms with Gasteiger partial charge in [0.2, 0.25) is 11.8 Å². The smallest absolute Gasteiger partial charge is 0.416 e. The summed E-state index contributed by atoms with van der Waals surface area (Å²) in [6.45, 7) is 3.06. The number of nitrogens with one attached hydrogen (secondary N) is 1. The third-order valence-electron chi connectivity index (χ3n) is 7.97. The van der Waals surface area contributed by atoms with E-state index in [0.717, 1.165) is 69.6 Å². The van der Waals surface area contributed by atoms with Crippen molar-refractivity contribution in [2.45, 2.75) is 56.8 Å². The van der Waals surface area contributed by atoms with Crippen molar-refractivity contribution in [2.75, 3.05) is 32.7 Å². The lowest BCUT2D eigenvalue weighted by Gasteiger charge is -2.35. The van der Waals surface area contributed by atoms with Crippen LogP contribution in [-0.4, -0.2) is 71.5 Å². The molecule has 0 radical (unpaired) electrons. The number of hydrogen-bond donors (Lipinski definition) is 1. The highest BCUT2D eigenvalue weighted by molar-refractivity contribution is 7.07. The lowest BCUT2D eigenvalue weighted by molar-refractivity contribution is -0.137. The van der Waals surface area contributed by atoms with E-state index in [4.69, 9.17) is 4.74 Å². The zero-order valence-electron chi connectivity index (χ0n) is 20.5. The van der Waals surface area contributed by atoms with Crippen molar-refractivity contribution in [3.63, 3.8) is 0 Å². The van der Waals surface area contributed by atoms with Gasteiger partial charge in [0.05, 0.1) is 23.0 Å². The Hall–Kier alpha value is -2.66. The minimum Gasteiger partial charge on any atom is -0.474 e. The first-order valence-corrected chi connectivity index (χ1v) is 13.7. The average molecular weight is 537 g/mol. The molecule has 2 aromatic rings. The fourth-order valence-corrected chi connectivity index (χ4v) is 6.39. The predicted octanol–water partition coefficient (Wildman–Crippen LogP) is 4.21. The average Bonchev–Trinajstić information content (AvgIpc) is 3.65. The van der Waals surface area contributed by atoms with Crippen LogP contribution >= 0.6 is 11.3 Å². The number of halogens is 3. The van der Waals surface area contributed by atoms with Crippen LogP contribution in [0.15, 0.2) is 35.2 Å². The highest BCUT2D eigenvalue weighted by Gasteiger charge is 2.46. The van der Waals surface area contributed by atoms with Crippen molar-refractivity contribution in [1.29, 1.82) is 0 Å². The number of aromatic nitrogens is 1. The number of nitrogens with zero attached hydrogens (tertiary/aromatic N) is 3. The maximum atomic E-state index is 12.9. The zero-order valence-corrected chi connectivity index (χ0v) is 21.3. The van der Waals surface area contributed by atoms with Gasteiger partial charge in [-0.3, -0.25) is 14.5 Å². The Morgan fingerprint density at radius 1 is 1.14 bits per heavy atom. The Bertz CT molecular complexity index is 1100. The predicted molar refractivity (Wildman–Crippen MR) is 132 cm³/mol. The van der Waals surface area contributed by atoms with E-state index in [1.807, 2.05) is 5.38 Å². The number of rotatable bonds is 6. The number of alkyl halides is 3. The second-order valence-electron chi connectivity index (χ2n) is 10.4. The van der Waals surface area contributed by atoms with E-state index in [1.54, 1.807) is 10.4 Å². The molecule has 7 nitrogen and oxygen atoms in total. The minimum atomic E-state index is -4.53. The fourth-order valence-electron chi connectivity index (χ4n) is 5.93. The van der Waals surface area contributed by atoms with Crippen molar-refractivity contribution in [1.82, 2.24) is 20.1 Å². The third-order valence-corrected chi connectivity index (χ3v) is 8.53. The van der Waals surface area contributed by atoms with Crippen molar-refractivity contribution >= 4 is 23.2 Å². The van der Waals surface area contributed by atoms with Gasteiger partial charge in [-0.1, -0.05) is 6.07 Å². The van der Waals surface area contributed by atoms with Crippen LogP contribution in [0.25, 0.3) is 0 Å². The summed E-state index contributed by atoms with van der Waals surface area (Å²) in [5.74, 6) is -0.166.